The number of methoxy groups -OCH3 is 1. The number of anilines is 2. The van der Waals surface area contributed by atoms with E-state index >= 15 is 0 Å². The van der Waals surface area contributed by atoms with Gasteiger partial charge in [0.05, 0.1) is 28.4 Å². The fraction of sp³-hybridized carbons (Fsp3) is 0.348. The lowest BCUT2D eigenvalue weighted by Gasteiger charge is -2.29. The normalized spacial score (nSPS) is 15.0. The van der Waals surface area contributed by atoms with E-state index in [1.165, 1.54) is 19.2 Å². The van der Waals surface area contributed by atoms with Crippen LogP contribution in [-0.2, 0) is 6.42 Å². The number of likely N-dealkylation sites (tertiary alicyclic amines) is 1. The molecule has 1 aliphatic heterocycles. The van der Waals surface area contributed by atoms with Crippen molar-refractivity contribution < 1.29 is 9.53 Å². The zero-order valence-electron chi connectivity index (χ0n) is 18.0. The number of amides is 2. The minimum Gasteiger partial charge on any atom is -0.496 e. The predicted octanol–water partition coefficient (Wildman–Crippen LogP) is 5.47. The van der Waals surface area contributed by atoms with Crippen LogP contribution in [0.25, 0.3) is 10.9 Å². The van der Waals surface area contributed by atoms with Crippen molar-refractivity contribution in [2.24, 2.45) is 5.92 Å². The molecule has 7 nitrogen and oxygen atoms in total. The highest BCUT2D eigenvalue weighted by molar-refractivity contribution is 6.39. The largest absolute Gasteiger partial charge is 0.496 e. The summed E-state index contributed by atoms with van der Waals surface area (Å²) in [7, 11) is 3.82. The van der Waals surface area contributed by atoms with Crippen LogP contribution < -0.4 is 15.4 Å². The highest BCUT2D eigenvalue weighted by Crippen LogP contribution is 2.33. The van der Waals surface area contributed by atoms with Gasteiger partial charge in [-0.15, -0.1) is 0 Å². The third-order valence-corrected chi connectivity index (χ3v) is 6.45. The first-order valence-electron chi connectivity index (χ1n) is 10.5. The molecule has 168 valence electrons. The molecule has 1 aromatic heterocycles. The maximum absolute atomic E-state index is 12.6. The summed E-state index contributed by atoms with van der Waals surface area (Å²) in [6.07, 6.45) is 4.70. The van der Waals surface area contributed by atoms with Crippen molar-refractivity contribution in [3.63, 3.8) is 0 Å². The highest BCUT2D eigenvalue weighted by Gasteiger charge is 2.20. The molecular formula is C23H25Cl2N5O2. The quantitative estimate of drug-likeness (QED) is 0.513. The Labute approximate surface area is 197 Å². The standard InChI is InChI=1S/C23H25Cl2N5O2/c1-30-8-6-14(7-9-30)10-15-11-19-16(12-20(15)32-2)22(27-13-26-19)29-23(31)28-21-17(24)4-3-5-18(21)25/h3-5,11-14H,6-10H2,1-2H3,(H2,26,27,28,29,31). The van der Waals surface area contributed by atoms with Crippen LogP contribution in [0.4, 0.5) is 16.3 Å². The number of benzene rings is 2. The molecule has 3 aromatic rings. The molecule has 2 aromatic carbocycles. The summed E-state index contributed by atoms with van der Waals surface area (Å²) in [6.45, 7) is 2.22. The van der Waals surface area contributed by atoms with Gasteiger partial charge in [-0.1, -0.05) is 29.3 Å². The molecule has 32 heavy (non-hydrogen) atoms. The van der Waals surface area contributed by atoms with E-state index in [1.807, 2.05) is 12.1 Å². The number of hydrogen-bond acceptors (Lipinski definition) is 5. The van der Waals surface area contributed by atoms with Crippen molar-refractivity contribution in [1.82, 2.24) is 14.9 Å². The fourth-order valence-electron chi connectivity index (χ4n) is 4.02. The number of para-hydroxylation sites is 1. The Morgan fingerprint density at radius 2 is 1.88 bits per heavy atom. The van der Waals surface area contributed by atoms with Crippen molar-refractivity contribution >= 4 is 51.6 Å². The Morgan fingerprint density at radius 1 is 1.16 bits per heavy atom. The molecule has 2 N–H and O–H groups in total. The van der Waals surface area contributed by atoms with E-state index in [1.54, 1.807) is 25.3 Å². The highest BCUT2D eigenvalue weighted by atomic mass is 35.5. The summed E-state index contributed by atoms with van der Waals surface area (Å²) in [4.78, 5) is 23.6. The Kier molecular flexibility index (Phi) is 6.98. The molecule has 2 heterocycles. The Bertz CT molecular complexity index is 1110. The van der Waals surface area contributed by atoms with E-state index in [2.05, 4.69) is 32.5 Å². The number of nitrogens with zero attached hydrogens (tertiary/aromatic N) is 3. The van der Waals surface area contributed by atoms with E-state index in [9.17, 15) is 4.79 Å². The molecule has 2 amide bonds. The minimum absolute atomic E-state index is 0.338. The van der Waals surface area contributed by atoms with Gasteiger partial charge in [-0.25, -0.2) is 14.8 Å². The Morgan fingerprint density at radius 3 is 2.56 bits per heavy atom. The second-order valence-corrected chi connectivity index (χ2v) is 8.84. The zero-order valence-corrected chi connectivity index (χ0v) is 19.5. The first-order chi connectivity index (χ1) is 15.4. The van der Waals surface area contributed by atoms with Crippen LogP contribution in [0.3, 0.4) is 0 Å². The number of halogens is 2. The number of hydrogen-bond donors (Lipinski definition) is 2. The third kappa shape index (κ3) is 5.06. The van der Waals surface area contributed by atoms with E-state index < -0.39 is 6.03 Å². The first kappa shape index (κ1) is 22.6. The maximum Gasteiger partial charge on any atom is 0.324 e. The van der Waals surface area contributed by atoms with Gasteiger partial charge in [0.15, 0.2) is 0 Å². The lowest BCUT2D eigenvalue weighted by Crippen LogP contribution is -2.31. The fourth-order valence-corrected chi connectivity index (χ4v) is 4.51. The van der Waals surface area contributed by atoms with Gasteiger partial charge in [0, 0.05) is 5.39 Å². The third-order valence-electron chi connectivity index (χ3n) is 5.82. The molecule has 9 heteroatoms. The van der Waals surface area contributed by atoms with E-state index in [0.29, 0.717) is 32.9 Å². The molecule has 0 radical (unpaired) electrons. The number of aromatic nitrogens is 2. The van der Waals surface area contributed by atoms with E-state index in [-0.39, 0.29) is 0 Å². The summed E-state index contributed by atoms with van der Waals surface area (Å²) in [5.74, 6) is 1.76. The number of fused-ring (bicyclic) bond motifs is 1. The van der Waals surface area contributed by atoms with Crippen LogP contribution in [0, 0.1) is 5.92 Å². The van der Waals surface area contributed by atoms with E-state index in [4.69, 9.17) is 27.9 Å². The molecule has 1 fully saturated rings. The lowest BCUT2D eigenvalue weighted by atomic mass is 9.89. The predicted molar refractivity (Wildman–Crippen MR) is 129 cm³/mol. The molecule has 1 aliphatic rings. The summed E-state index contributed by atoms with van der Waals surface area (Å²) >= 11 is 12.3. The van der Waals surface area contributed by atoms with Crippen molar-refractivity contribution in [3.8, 4) is 5.75 Å². The van der Waals surface area contributed by atoms with Crippen LogP contribution in [0.2, 0.25) is 10.0 Å². The van der Waals surface area contributed by atoms with Crippen LogP contribution >= 0.6 is 23.2 Å². The molecule has 0 unspecified atom stereocenters. The van der Waals surface area contributed by atoms with Gasteiger partial charge in [0.25, 0.3) is 0 Å². The van der Waals surface area contributed by atoms with Crippen LogP contribution in [0.5, 0.6) is 5.75 Å². The summed E-state index contributed by atoms with van der Waals surface area (Å²) in [6, 6.07) is 8.43. The van der Waals surface area contributed by atoms with Gasteiger partial charge < -0.3 is 15.0 Å². The molecule has 0 atom stereocenters. The average Bonchev–Trinajstić information content (AvgIpc) is 2.78. The van der Waals surface area contributed by atoms with E-state index in [0.717, 1.165) is 36.3 Å². The number of piperidine rings is 1. The molecule has 0 bridgehead atoms. The van der Waals surface area contributed by atoms with Crippen LogP contribution in [0.1, 0.15) is 18.4 Å². The van der Waals surface area contributed by atoms with Gasteiger partial charge in [0.1, 0.15) is 17.9 Å². The van der Waals surface area contributed by atoms with Gasteiger partial charge in [0.2, 0.25) is 0 Å². The molecule has 1 saturated heterocycles. The monoisotopic (exact) mass is 473 g/mol. The Hall–Kier alpha value is -2.61. The summed E-state index contributed by atoms with van der Waals surface area (Å²) in [5.41, 5.74) is 2.20. The summed E-state index contributed by atoms with van der Waals surface area (Å²) < 4.78 is 5.67. The molecule has 0 saturated carbocycles. The number of urea groups is 1. The van der Waals surface area contributed by atoms with Crippen LogP contribution in [-0.4, -0.2) is 48.1 Å². The number of rotatable bonds is 5. The second kappa shape index (κ2) is 9.90. The number of carbonyl (C=O) groups is 1. The zero-order chi connectivity index (χ0) is 22.7. The Balaban J connectivity index is 1.57. The van der Waals surface area contributed by atoms with Crippen molar-refractivity contribution in [3.05, 3.63) is 52.3 Å². The van der Waals surface area contributed by atoms with Gasteiger partial charge in [-0.2, -0.15) is 0 Å². The molecule has 4 rings (SSSR count). The SMILES string of the molecule is COc1cc2c(NC(=O)Nc3c(Cl)cccc3Cl)ncnc2cc1CC1CCN(C)CC1. The van der Waals surface area contributed by atoms with Gasteiger partial charge in [-0.3, -0.25) is 5.32 Å². The van der Waals surface area contributed by atoms with Crippen molar-refractivity contribution in [1.29, 1.82) is 0 Å². The van der Waals surface area contributed by atoms with Gasteiger partial charge >= 0.3 is 6.03 Å². The lowest BCUT2D eigenvalue weighted by molar-refractivity contribution is 0.218. The number of nitrogens with one attached hydrogen (secondary N) is 2. The number of ether oxygens (including phenoxy) is 1. The topological polar surface area (TPSA) is 79.4 Å². The first-order valence-corrected chi connectivity index (χ1v) is 11.2. The molecule has 0 aliphatic carbocycles. The average molecular weight is 474 g/mol. The maximum atomic E-state index is 12.6. The van der Waals surface area contributed by atoms with Gasteiger partial charge in [-0.05, 0) is 75.1 Å². The number of carbonyl (C=O) groups excluding carboxylic acids is 1. The summed E-state index contributed by atoms with van der Waals surface area (Å²) in [5, 5.41) is 6.83. The minimum atomic E-state index is -0.505. The smallest absolute Gasteiger partial charge is 0.324 e. The second-order valence-electron chi connectivity index (χ2n) is 8.03. The van der Waals surface area contributed by atoms with Crippen molar-refractivity contribution in [2.75, 3.05) is 37.9 Å². The molecular weight excluding hydrogens is 449 g/mol. The van der Waals surface area contributed by atoms with Crippen LogP contribution in [0.15, 0.2) is 36.7 Å². The van der Waals surface area contributed by atoms with Crippen molar-refractivity contribution in [2.45, 2.75) is 19.3 Å². The molecule has 0 spiro atoms.